The van der Waals surface area contributed by atoms with Gasteiger partial charge in [-0.25, -0.2) is 0 Å². The summed E-state index contributed by atoms with van der Waals surface area (Å²) in [6.45, 7) is 3.37. The number of rotatable bonds is 7. The lowest BCUT2D eigenvalue weighted by molar-refractivity contribution is -0.143. The van der Waals surface area contributed by atoms with Crippen molar-refractivity contribution in [3.63, 3.8) is 0 Å². The summed E-state index contributed by atoms with van der Waals surface area (Å²) in [4.78, 5) is 18.5. The van der Waals surface area contributed by atoms with Gasteiger partial charge in [-0.3, -0.25) is 14.7 Å². The van der Waals surface area contributed by atoms with Gasteiger partial charge >= 0.3 is 5.97 Å². The van der Waals surface area contributed by atoms with E-state index in [9.17, 15) is 9.90 Å². The van der Waals surface area contributed by atoms with Crippen LogP contribution in [0.4, 0.5) is 0 Å². The first-order chi connectivity index (χ1) is 13.6. The Balaban J connectivity index is 2.11. The minimum atomic E-state index is -0.746. The number of carboxylic acid groups (broad SMARTS) is 1. The molecule has 6 heteroatoms. The number of pyridine rings is 1. The average Bonchev–Trinajstić information content (AvgIpc) is 2.74. The van der Waals surface area contributed by atoms with Crippen molar-refractivity contribution in [1.29, 1.82) is 0 Å². The standard InChI is InChI=1S/C22H28N2O4/c1-4-15-10-11-17(23-13-15)21(24-12-6-7-16(14-24)22(25)26)20-18(27-2)8-5-9-19(20)28-3/h5,8-11,13,16,21H,4,6-7,12,14H2,1-3H3,(H,25,26). The molecule has 2 heterocycles. The number of aryl methyl sites for hydroxylation is 1. The summed E-state index contributed by atoms with van der Waals surface area (Å²) in [5.41, 5.74) is 2.91. The van der Waals surface area contributed by atoms with Crippen molar-refractivity contribution in [1.82, 2.24) is 9.88 Å². The van der Waals surface area contributed by atoms with Crippen LogP contribution in [0.3, 0.4) is 0 Å². The SMILES string of the molecule is CCc1ccc(C(c2c(OC)cccc2OC)N2CCCC(C(=O)O)C2)nc1. The second-order valence-electron chi connectivity index (χ2n) is 7.10. The van der Waals surface area contributed by atoms with Gasteiger partial charge in [0.1, 0.15) is 11.5 Å². The maximum absolute atomic E-state index is 11.6. The molecule has 1 aromatic carbocycles. The molecule has 0 spiro atoms. The predicted molar refractivity (Wildman–Crippen MR) is 107 cm³/mol. The summed E-state index contributed by atoms with van der Waals surface area (Å²) in [6, 6.07) is 9.57. The molecule has 2 unspecified atom stereocenters. The van der Waals surface area contributed by atoms with E-state index in [4.69, 9.17) is 14.5 Å². The van der Waals surface area contributed by atoms with Gasteiger partial charge in [0.15, 0.2) is 0 Å². The van der Waals surface area contributed by atoms with Gasteiger partial charge in [-0.2, -0.15) is 0 Å². The number of piperidine rings is 1. The monoisotopic (exact) mass is 384 g/mol. The summed E-state index contributed by atoms with van der Waals surface area (Å²) in [5.74, 6) is 0.294. The minimum Gasteiger partial charge on any atom is -0.496 e. The van der Waals surface area contributed by atoms with Crippen molar-refractivity contribution >= 4 is 5.97 Å². The van der Waals surface area contributed by atoms with Crippen LogP contribution in [0, 0.1) is 5.92 Å². The van der Waals surface area contributed by atoms with Crippen LogP contribution >= 0.6 is 0 Å². The first-order valence-electron chi connectivity index (χ1n) is 9.71. The van der Waals surface area contributed by atoms with E-state index in [1.54, 1.807) is 14.2 Å². The Kier molecular flexibility index (Phi) is 6.52. The largest absolute Gasteiger partial charge is 0.496 e. The van der Waals surface area contributed by atoms with Gasteiger partial charge in [0.05, 0.1) is 37.4 Å². The van der Waals surface area contributed by atoms with E-state index in [0.717, 1.165) is 36.2 Å². The predicted octanol–water partition coefficient (Wildman–Crippen LogP) is 3.55. The Morgan fingerprint density at radius 1 is 1.25 bits per heavy atom. The van der Waals surface area contributed by atoms with Crippen molar-refractivity contribution in [2.45, 2.75) is 32.2 Å². The molecule has 150 valence electrons. The minimum absolute atomic E-state index is 0.237. The summed E-state index contributed by atoms with van der Waals surface area (Å²) in [6.07, 6.45) is 4.34. The van der Waals surface area contributed by atoms with Crippen LogP contribution in [0.25, 0.3) is 0 Å². The van der Waals surface area contributed by atoms with Crippen LogP contribution < -0.4 is 9.47 Å². The van der Waals surface area contributed by atoms with Crippen molar-refractivity contribution < 1.29 is 19.4 Å². The fourth-order valence-corrected chi connectivity index (χ4v) is 3.92. The highest BCUT2D eigenvalue weighted by Gasteiger charge is 2.34. The zero-order valence-electron chi connectivity index (χ0n) is 16.7. The lowest BCUT2D eigenvalue weighted by Crippen LogP contribution is -2.41. The van der Waals surface area contributed by atoms with Crippen LogP contribution in [-0.4, -0.2) is 48.3 Å². The van der Waals surface area contributed by atoms with E-state index in [-0.39, 0.29) is 12.0 Å². The van der Waals surface area contributed by atoms with Gasteiger partial charge < -0.3 is 14.6 Å². The number of ether oxygens (including phenoxy) is 2. The molecule has 6 nitrogen and oxygen atoms in total. The molecule has 1 N–H and O–H groups in total. The maximum Gasteiger partial charge on any atom is 0.307 e. The third-order valence-corrected chi connectivity index (χ3v) is 5.44. The topological polar surface area (TPSA) is 71.9 Å². The third kappa shape index (κ3) is 4.12. The normalized spacial score (nSPS) is 18.5. The highest BCUT2D eigenvalue weighted by atomic mass is 16.5. The number of nitrogens with zero attached hydrogens (tertiary/aromatic N) is 2. The zero-order chi connectivity index (χ0) is 20.1. The van der Waals surface area contributed by atoms with Gasteiger partial charge in [-0.15, -0.1) is 0 Å². The Bertz CT molecular complexity index is 784. The summed E-state index contributed by atoms with van der Waals surface area (Å²) < 4.78 is 11.3. The first-order valence-corrected chi connectivity index (χ1v) is 9.71. The van der Waals surface area contributed by atoms with Crippen LogP contribution in [0.1, 0.15) is 42.6 Å². The fraction of sp³-hybridized carbons (Fsp3) is 0.455. The molecule has 0 amide bonds. The molecule has 2 aromatic rings. The van der Waals surface area contributed by atoms with Gasteiger partial charge in [0.25, 0.3) is 0 Å². The molecule has 28 heavy (non-hydrogen) atoms. The van der Waals surface area contributed by atoms with Crippen molar-refractivity contribution in [3.8, 4) is 11.5 Å². The number of benzene rings is 1. The summed E-state index contributed by atoms with van der Waals surface area (Å²) >= 11 is 0. The van der Waals surface area contributed by atoms with Gasteiger partial charge in [-0.1, -0.05) is 19.1 Å². The van der Waals surface area contributed by atoms with Crippen LogP contribution in [0.15, 0.2) is 36.5 Å². The Labute approximate surface area is 166 Å². The van der Waals surface area contributed by atoms with Crippen LogP contribution in [0.5, 0.6) is 11.5 Å². The number of aliphatic carboxylic acids is 1. The summed E-state index contributed by atoms with van der Waals surface area (Å²) in [7, 11) is 3.28. The van der Waals surface area contributed by atoms with Crippen LogP contribution in [-0.2, 0) is 11.2 Å². The van der Waals surface area contributed by atoms with E-state index < -0.39 is 5.97 Å². The Morgan fingerprint density at radius 3 is 2.50 bits per heavy atom. The molecular weight excluding hydrogens is 356 g/mol. The molecule has 0 aliphatic carbocycles. The highest BCUT2D eigenvalue weighted by Crippen LogP contribution is 2.41. The molecular formula is C22H28N2O4. The average molecular weight is 384 g/mol. The third-order valence-electron chi connectivity index (χ3n) is 5.44. The molecule has 0 radical (unpaired) electrons. The number of carbonyl (C=O) groups is 1. The Morgan fingerprint density at radius 2 is 1.96 bits per heavy atom. The van der Waals surface area contributed by atoms with Gasteiger partial charge in [0.2, 0.25) is 0 Å². The molecule has 3 rings (SSSR count). The molecule has 0 bridgehead atoms. The zero-order valence-corrected chi connectivity index (χ0v) is 16.7. The molecule has 1 saturated heterocycles. The van der Waals surface area contributed by atoms with E-state index >= 15 is 0 Å². The van der Waals surface area contributed by atoms with E-state index in [1.807, 2.05) is 30.5 Å². The maximum atomic E-state index is 11.6. The van der Waals surface area contributed by atoms with Crippen LogP contribution in [0.2, 0.25) is 0 Å². The number of hydrogen-bond donors (Lipinski definition) is 1. The molecule has 1 fully saturated rings. The van der Waals surface area contributed by atoms with Crippen molar-refractivity contribution in [3.05, 3.63) is 53.3 Å². The number of carboxylic acids is 1. The quantitative estimate of drug-likeness (QED) is 0.787. The molecule has 0 saturated carbocycles. The summed E-state index contributed by atoms with van der Waals surface area (Å²) in [5, 5.41) is 9.56. The number of hydrogen-bond acceptors (Lipinski definition) is 5. The number of aromatic nitrogens is 1. The lowest BCUT2D eigenvalue weighted by atomic mass is 9.92. The lowest BCUT2D eigenvalue weighted by Gasteiger charge is -2.37. The fourth-order valence-electron chi connectivity index (χ4n) is 3.92. The Hall–Kier alpha value is -2.60. The molecule has 1 aromatic heterocycles. The first kappa shape index (κ1) is 20.1. The smallest absolute Gasteiger partial charge is 0.307 e. The van der Waals surface area contributed by atoms with Gasteiger partial charge in [0, 0.05) is 12.7 Å². The number of methoxy groups -OCH3 is 2. The highest BCUT2D eigenvalue weighted by molar-refractivity contribution is 5.70. The van der Waals surface area contributed by atoms with E-state index in [1.165, 1.54) is 0 Å². The second kappa shape index (κ2) is 9.06. The van der Waals surface area contributed by atoms with Crippen molar-refractivity contribution in [2.75, 3.05) is 27.3 Å². The van der Waals surface area contributed by atoms with E-state index in [0.29, 0.717) is 24.5 Å². The second-order valence-corrected chi connectivity index (χ2v) is 7.10. The molecule has 1 aliphatic heterocycles. The van der Waals surface area contributed by atoms with Gasteiger partial charge in [-0.05, 0) is 49.6 Å². The molecule has 2 atom stereocenters. The molecule has 1 aliphatic rings. The van der Waals surface area contributed by atoms with E-state index in [2.05, 4.69) is 17.9 Å². The number of likely N-dealkylation sites (tertiary alicyclic amines) is 1. The van der Waals surface area contributed by atoms with Crippen molar-refractivity contribution in [2.24, 2.45) is 5.92 Å².